The van der Waals surface area contributed by atoms with E-state index in [4.69, 9.17) is 4.74 Å². The van der Waals surface area contributed by atoms with Crippen molar-refractivity contribution < 1.29 is 18.3 Å². The van der Waals surface area contributed by atoms with Gasteiger partial charge >= 0.3 is 6.09 Å². The molecule has 1 aromatic carbocycles. The van der Waals surface area contributed by atoms with Crippen LogP contribution in [0.5, 0.6) is 0 Å². The first-order valence-electron chi connectivity index (χ1n) is 6.00. The van der Waals surface area contributed by atoms with Crippen LogP contribution in [0.25, 0.3) is 6.08 Å². The van der Waals surface area contributed by atoms with E-state index in [1.165, 1.54) is 12.2 Å². The van der Waals surface area contributed by atoms with Gasteiger partial charge in [0.25, 0.3) is 0 Å². The van der Waals surface area contributed by atoms with Crippen LogP contribution < -0.4 is 5.32 Å². The zero-order chi connectivity index (χ0) is 15.3. The first-order chi connectivity index (χ1) is 9.19. The maximum Gasteiger partial charge on any atom is 0.412 e. The summed E-state index contributed by atoms with van der Waals surface area (Å²) in [4.78, 5) is 11.6. The molecular weight excluding hydrogens is 264 g/mol. The monoisotopic (exact) mass is 281 g/mol. The second kappa shape index (κ2) is 6.32. The number of benzene rings is 1. The molecule has 1 aromatic rings. The topological polar surface area (TPSA) is 38.3 Å². The lowest BCUT2D eigenvalue weighted by atomic mass is 10.2. The predicted molar refractivity (Wildman–Crippen MR) is 73.9 cm³/mol. The molecule has 0 aliphatic heterocycles. The van der Waals surface area contributed by atoms with Gasteiger partial charge in [0.2, 0.25) is 0 Å². The number of hydrogen-bond donors (Lipinski definition) is 1. The molecule has 0 radical (unpaired) electrons. The summed E-state index contributed by atoms with van der Waals surface area (Å²) in [6.07, 6.45) is 2.08. The summed E-state index contributed by atoms with van der Waals surface area (Å²) in [5.74, 6) is -1.39. The summed E-state index contributed by atoms with van der Waals surface area (Å²) in [6.45, 7) is 8.71. The molecule has 0 aliphatic rings. The SMILES string of the molecule is C=CC(=Cc1cc(F)cc(F)c1)NC(=O)OC(C)(C)C. The fourth-order valence-electron chi connectivity index (χ4n) is 1.41. The number of alkyl carbamates (subject to hydrolysis) is 1. The Hall–Kier alpha value is -2.17. The second-order valence-electron chi connectivity index (χ2n) is 5.13. The van der Waals surface area contributed by atoms with E-state index in [9.17, 15) is 13.6 Å². The van der Waals surface area contributed by atoms with Crippen molar-refractivity contribution in [3.63, 3.8) is 0 Å². The lowest BCUT2D eigenvalue weighted by molar-refractivity contribution is 0.0548. The Bertz CT molecular complexity index is 525. The first-order valence-corrected chi connectivity index (χ1v) is 6.00. The highest BCUT2D eigenvalue weighted by atomic mass is 19.1. The van der Waals surface area contributed by atoms with Gasteiger partial charge in [-0.15, -0.1) is 0 Å². The lowest BCUT2D eigenvalue weighted by Crippen LogP contribution is -2.31. The molecule has 0 heterocycles. The molecule has 0 bridgehead atoms. The van der Waals surface area contributed by atoms with Gasteiger partial charge in [0.1, 0.15) is 17.2 Å². The number of halogens is 2. The van der Waals surface area contributed by atoms with E-state index in [-0.39, 0.29) is 11.3 Å². The second-order valence-corrected chi connectivity index (χ2v) is 5.13. The maximum absolute atomic E-state index is 13.1. The largest absolute Gasteiger partial charge is 0.444 e. The highest BCUT2D eigenvalue weighted by molar-refractivity contribution is 5.73. The summed E-state index contributed by atoms with van der Waals surface area (Å²) in [5, 5.41) is 2.45. The van der Waals surface area contributed by atoms with Gasteiger partial charge in [-0.05, 0) is 50.6 Å². The molecule has 0 unspecified atom stereocenters. The van der Waals surface area contributed by atoms with Gasteiger partial charge in [-0.2, -0.15) is 0 Å². The normalized spacial score (nSPS) is 11.9. The van der Waals surface area contributed by atoms with Crippen molar-refractivity contribution in [3.05, 3.63) is 53.7 Å². The van der Waals surface area contributed by atoms with Crippen LogP contribution in [0, 0.1) is 11.6 Å². The molecule has 1 rings (SSSR count). The summed E-state index contributed by atoms with van der Waals surface area (Å²) < 4.78 is 31.2. The van der Waals surface area contributed by atoms with E-state index in [2.05, 4.69) is 11.9 Å². The zero-order valence-electron chi connectivity index (χ0n) is 11.7. The molecule has 0 aliphatic carbocycles. The average Bonchev–Trinajstić information content (AvgIpc) is 2.23. The van der Waals surface area contributed by atoms with Gasteiger partial charge < -0.3 is 4.74 Å². The fourth-order valence-corrected chi connectivity index (χ4v) is 1.41. The van der Waals surface area contributed by atoms with Crippen LogP contribution >= 0.6 is 0 Å². The molecule has 1 amide bonds. The Labute approximate surface area is 116 Å². The molecule has 108 valence electrons. The van der Waals surface area contributed by atoms with Crippen molar-refractivity contribution in [2.45, 2.75) is 26.4 Å². The Balaban J connectivity index is 2.87. The van der Waals surface area contributed by atoms with E-state index in [1.807, 2.05) is 0 Å². The fraction of sp³-hybridized carbons (Fsp3) is 0.267. The number of ether oxygens (including phenoxy) is 1. The quantitative estimate of drug-likeness (QED) is 0.850. The molecule has 0 saturated heterocycles. The number of hydrogen-bond acceptors (Lipinski definition) is 2. The summed E-state index contributed by atoms with van der Waals surface area (Å²) in [7, 11) is 0. The van der Waals surface area contributed by atoms with Crippen LogP contribution in [0.2, 0.25) is 0 Å². The highest BCUT2D eigenvalue weighted by Crippen LogP contribution is 2.12. The van der Waals surface area contributed by atoms with E-state index in [0.717, 1.165) is 18.2 Å². The van der Waals surface area contributed by atoms with E-state index < -0.39 is 23.3 Å². The van der Waals surface area contributed by atoms with Crippen molar-refractivity contribution in [2.24, 2.45) is 0 Å². The van der Waals surface area contributed by atoms with E-state index >= 15 is 0 Å². The minimum absolute atomic E-state index is 0.272. The summed E-state index contributed by atoms with van der Waals surface area (Å²) >= 11 is 0. The van der Waals surface area contributed by atoms with Gasteiger partial charge in [-0.1, -0.05) is 6.58 Å². The number of allylic oxidation sites excluding steroid dienone is 1. The molecule has 20 heavy (non-hydrogen) atoms. The van der Waals surface area contributed by atoms with E-state index in [1.54, 1.807) is 20.8 Å². The van der Waals surface area contributed by atoms with Gasteiger partial charge in [-0.3, -0.25) is 5.32 Å². The van der Waals surface area contributed by atoms with Crippen LogP contribution in [0.15, 0.2) is 36.6 Å². The minimum Gasteiger partial charge on any atom is -0.444 e. The molecule has 1 N–H and O–H groups in total. The van der Waals surface area contributed by atoms with Gasteiger partial charge in [-0.25, -0.2) is 13.6 Å². The Kier molecular flexibility index (Phi) is 5.02. The van der Waals surface area contributed by atoms with Crippen molar-refractivity contribution in [3.8, 4) is 0 Å². The number of amides is 1. The Morgan fingerprint density at radius 3 is 2.25 bits per heavy atom. The van der Waals surface area contributed by atoms with Crippen molar-refractivity contribution in [1.29, 1.82) is 0 Å². The minimum atomic E-state index is -0.697. The van der Waals surface area contributed by atoms with Crippen molar-refractivity contribution >= 4 is 12.2 Å². The third-order valence-electron chi connectivity index (χ3n) is 2.07. The van der Waals surface area contributed by atoms with Crippen molar-refractivity contribution in [1.82, 2.24) is 5.32 Å². The molecule has 5 heteroatoms. The number of nitrogens with one attached hydrogen (secondary N) is 1. The molecular formula is C15H17F2NO2. The summed E-state index contributed by atoms with van der Waals surface area (Å²) in [5.41, 5.74) is -0.0841. The van der Waals surface area contributed by atoms with Crippen molar-refractivity contribution in [2.75, 3.05) is 0 Å². The van der Waals surface area contributed by atoms with Crippen LogP contribution in [0.4, 0.5) is 13.6 Å². The number of rotatable bonds is 3. The lowest BCUT2D eigenvalue weighted by Gasteiger charge is -2.19. The first kappa shape index (κ1) is 15.9. The number of carbonyl (C=O) groups excluding carboxylic acids is 1. The Morgan fingerprint density at radius 2 is 1.80 bits per heavy atom. The molecule has 0 saturated carbocycles. The van der Waals surface area contributed by atoms with Gasteiger partial charge in [0.15, 0.2) is 0 Å². The van der Waals surface area contributed by atoms with Crippen LogP contribution in [-0.2, 0) is 4.74 Å². The van der Waals surface area contributed by atoms with Crippen LogP contribution in [0.3, 0.4) is 0 Å². The number of carbonyl (C=O) groups is 1. The van der Waals surface area contributed by atoms with E-state index in [0.29, 0.717) is 0 Å². The predicted octanol–water partition coefficient (Wildman–Crippen LogP) is 4.02. The molecule has 0 fully saturated rings. The molecule has 0 spiro atoms. The third-order valence-corrected chi connectivity index (χ3v) is 2.07. The van der Waals surface area contributed by atoms with Crippen LogP contribution in [0.1, 0.15) is 26.3 Å². The van der Waals surface area contributed by atoms with Gasteiger partial charge in [0, 0.05) is 11.8 Å². The zero-order valence-corrected chi connectivity index (χ0v) is 11.7. The van der Waals surface area contributed by atoms with Gasteiger partial charge in [0.05, 0.1) is 0 Å². The molecule has 0 aromatic heterocycles. The average molecular weight is 281 g/mol. The smallest absolute Gasteiger partial charge is 0.412 e. The maximum atomic E-state index is 13.1. The van der Waals surface area contributed by atoms with Crippen LogP contribution in [-0.4, -0.2) is 11.7 Å². The standard InChI is InChI=1S/C15H17F2NO2/c1-5-13(18-14(19)20-15(2,3)4)8-10-6-11(16)9-12(17)7-10/h5-9H,1H2,2-4H3,(H,18,19). The third kappa shape index (κ3) is 5.65. The molecule has 0 atom stereocenters. The molecule has 3 nitrogen and oxygen atoms in total. The highest BCUT2D eigenvalue weighted by Gasteiger charge is 2.16. The Morgan fingerprint density at radius 1 is 1.25 bits per heavy atom. The summed E-state index contributed by atoms with van der Waals surface area (Å²) in [6, 6.07) is 3.05.